The van der Waals surface area contributed by atoms with E-state index in [9.17, 15) is 8.78 Å². The number of hydrogen-bond donors (Lipinski definition) is 2. The number of nitrogens with zero attached hydrogens (tertiary/aromatic N) is 1. The van der Waals surface area contributed by atoms with Gasteiger partial charge < -0.3 is 24.8 Å². The van der Waals surface area contributed by atoms with E-state index in [2.05, 4.69) is 20.4 Å². The molecular formula is C20H23F2N3O3. The van der Waals surface area contributed by atoms with E-state index in [0.717, 1.165) is 29.0 Å². The van der Waals surface area contributed by atoms with Crippen molar-refractivity contribution in [2.75, 3.05) is 19.9 Å². The first-order valence-electron chi connectivity index (χ1n) is 9.08. The van der Waals surface area contributed by atoms with Crippen LogP contribution in [0.4, 0.5) is 8.78 Å². The van der Waals surface area contributed by atoms with E-state index in [0.29, 0.717) is 25.6 Å². The highest BCUT2D eigenvalue weighted by atomic mass is 19.3. The van der Waals surface area contributed by atoms with Gasteiger partial charge in [0.15, 0.2) is 17.5 Å². The van der Waals surface area contributed by atoms with Crippen LogP contribution in [0.15, 0.2) is 47.5 Å². The van der Waals surface area contributed by atoms with Crippen molar-refractivity contribution in [3.63, 3.8) is 0 Å². The summed E-state index contributed by atoms with van der Waals surface area (Å²) in [7, 11) is 0. The lowest BCUT2D eigenvalue weighted by molar-refractivity contribution is -0.0498. The highest BCUT2D eigenvalue weighted by Gasteiger charge is 2.13. The molecule has 3 rings (SSSR count). The summed E-state index contributed by atoms with van der Waals surface area (Å²) < 4.78 is 39.8. The zero-order valence-electron chi connectivity index (χ0n) is 15.6. The molecule has 1 aliphatic heterocycles. The van der Waals surface area contributed by atoms with Gasteiger partial charge in [0.2, 0.25) is 6.79 Å². The fourth-order valence-electron chi connectivity index (χ4n) is 2.75. The number of rotatable bonds is 8. The number of halogens is 2. The Bertz CT molecular complexity index is 815. The Kier molecular flexibility index (Phi) is 6.89. The highest BCUT2D eigenvalue weighted by molar-refractivity contribution is 5.79. The number of alkyl halides is 2. The quantitative estimate of drug-likeness (QED) is 0.534. The van der Waals surface area contributed by atoms with E-state index < -0.39 is 6.61 Å². The van der Waals surface area contributed by atoms with E-state index in [4.69, 9.17) is 9.47 Å². The number of ether oxygens (including phenoxy) is 3. The van der Waals surface area contributed by atoms with Crippen molar-refractivity contribution in [1.29, 1.82) is 0 Å². The molecule has 1 heterocycles. The van der Waals surface area contributed by atoms with Gasteiger partial charge in [-0.1, -0.05) is 18.2 Å². The van der Waals surface area contributed by atoms with Gasteiger partial charge in [-0.2, -0.15) is 8.78 Å². The maximum Gasteiger partial charge on any atom is 0.387 e. The summed E-state index contributed by atoms with van der Waals surface area (Å²) in [5.74, 6) is 2.32. The first-order valence-corrected chi connectivity index (χ1v) is 9.08. The van der Waals surface area contributed by atoms with E-state index in [1.807, 2.05) is 31.2 Å². The van der Waals surface area contributed by atoms with Crippen LogP contribution in [0.2, 0.25) is 0 Å². The van der Waals surface area contributed by atoms with Gasteiger partial charge >= 0.3 is 6.61 Å². The summed E-state index contributed by atoms with van der Waals surface area (Å²) in [5.41, 5.74) is 1.91. The largest absolute Gasteiger partial charge is 0.454 e. The fraction of sp³-hybridized carbons (Fsp3) is 0.350. The van der Waals surface area contributed by atoms with Gasteiger partial charge in [-0.25, -0.2) is 4.99 Å². The second kappa shape index (κ2) is 9.77. The molecule has 2 N–H and O–H groups in total. The Morgan fingerprint density at radius 3 is 2.79 bits per heavy atom. The summed E-state index contributed by atoms with van der Waals surface area (Å²) >= 11 is 0. The van der Waals surface area contributed by atoms with Gasteiger partial charge in [0.25, 0.3) is 0 Å². The molecule has 0 bridgehead atoms. The summed E-state index contributed by atoms with van der Waals surface area (Å²) in [4.78, 5) is 4.50. The molecule has 6 nitrogen and oxygen atoms in total. The van der Waals surface area contributed by atoms with Crippen LogP contribution in [-0.2, 0) is 13.0 Å². The Morgan fingerprint density at radius 2 is 1.96 bits per heavy atom. The van der Waals surface area contributed by atoms with Crippen molar-refractivity contribution in [1.82, 2.24) is 10.6 Å². The molecular weight excluding hydrogens is 368 g/mol. The molecule has 0 saturated carbocycles. The van der Waals surface area contributed by atoms with E-state index in [1.54, 1.807) is 12.1 Å². The van der Waals surface area contributed by atoms with Crippen molar-refractivity contribution in [3.05, 3.63) is 53.6 Å². The zero-order valence-corrected chi connectivity index (χ0v) is 15.6. The number of aliphatic imine (C=N–C) groups is 1. The van der Waals surface area contributed by atoms with Gasteiger partial charge in [-0.15, -0.1) is 0 Å². The highest BCUT2D eigenvalue weighted by Crippen LogP contribution is 2.32. The van der Waals surface area contributed by atoms with E-state index >= 15 is 0 Å². The number of hydrogen-bond acceptors (Lipinski definition) is 4. The molecule has 0 spiro atoms. The van der Waals surface area contributed by atoms with Crippen LogP contribution in [0.1, 0.15) is 18.1 Å². The first kappa shape index (κ1) is 19.7. The third-order valence-electron chi connectivity index (χ3n) is 4.03. The van der Waals surface area contributed by atoms with E-state index in [-0.39, 0.29) is 12.5 Å². The maximum atomic E-state index is 12.3. The summed E-state index contributed by atoms with van der Waals surface area (Å²) in [6, 6.07) is 12.4. The molecule has 0 fully saturated rings. The Hall–Kier alpha value is -3.03. The zero-order chi connectivity index (χ0) is 19.8. The number of nitrogens with one attached hydrogen (secondary N) is 2. The van der Waals surface area contributed by atoms with Crippen LogP contribution >= 0.6 is 0 Å². The SMILES string of the molecule is CCNC(=NCc1cccc(OC(F)F)c1)NCCc1ccc2c(c1)OCO2. The van der Waals surface area contributed by atoms with Crippen LogP contribution in [0.3, 0.4) is 0 Å². The first-order chi connectivity index (χ1) is 13.6. The molecule has 2 aromatic carbocycles. The Labute approximate surface area is 162 Å². The molecule has 0 aliphatic carbocycles. The van der Waals surface area contributed by atoms with Gasteiger partial charge in [0.1, 0.15) is 5.75 Å². The molecule has 0 unspecified atom stereocenters. The van der Waals surface area contributed by atoms with Gasteiger partial charge in [0.05, 0.1) is 6.54 Å². The predicted octanol–water partition coefficient (Wildman–Crippen LogP) is 3.31. The molecule has 1 aliphatic rings. The van der Waals surface area contributed by atoms with E-state index in [1.165, 1.54) is 6.07 Å². The Morgan fingerprint density at radius 1 is 1.11 bits per heavy atom. The molecule has 2 aromatic rings. The molecule has 0 atom stereocenters. The number of guanidine groups is 1. The second-order valence-electron chi connectivity index (χ2n) is 6.09. The van der Waals surface area contributed by atoms with Crippen molar-refractivity contribution < 1.29 is 23.0 Å². The third kappa shape index (κ3) is 5.73. The lowest BCUT2D eigenvalue weighted by atomic mass is 10.1. The van der Waals surface area contributed by atoms with Crippen molar-refractivity contribution in [3.8, 4) is 17.2 Å². The van der Waals surface area contributed by atoms with Crippen LogP contribution in [0.25, 0.3) is 0 Å². The summed E-state index contributed by atoms with van der Waals surface area (Å²) in [6.07, 6.45) is 0.790. The molecule has 28 heavy (non-hydrogen) atoms. The summed E-state index contributed by atoms with van der Waals surface area (Å²) in [5, 5.41) is 6.44. The third-order valence-corrected chi connectivity index (χ3v) is 4.03. The minimum atomic E-state index is -2.84. The molecule has 0 aromatic heterocycles. The smallest absolute Gasteiger partial charge is 0.387 e. The minimum Gasteiger partial charge on any atom is -0.454 e. The van der Waals surface area contributed by atoms with Gasteiger partial charge in [0, 0.05) is 13.1 Å². The van der Waals surface area contributed by atoms with Crippen molar-refractivity contribution in [2.24, 2.45) is 4.99 Å². The number of benzene rings is 2. The predicted molar refractivity (Wildman–Crippen MR) is 102 cm³/mol. The lowest BCUT2D eigenvalue weighted by Gasteiger charge is -2.12. The van der Waals surface area contributed by atoms with Crippen LogP contribution < -0.4 is 24.8 Å². The molecule has 0 radical (unpaired) electrons. The van der Waals surface area contributed by atoms with Crippen LogP contribution in [-0.4, -0.2) is 32.5 Å². The average Bonchev–Trinajstić information content (AvgIpc) is 3.14. The molecule has 8 heteroatoms. The molecule has 0 amide bonds. The fourth-order valence-corrected chi connectivity index (χ4v) is 2.75. The average molecular weight is 391 g/mol. The lowest BCUT2D eigenvalue weighted by Crippen LogP contribution is -2.38. The maximum absolute atomic E-state index is 12.3. The monoisotopic (exact) mass is 391 g/mol. The summed E-state index contributed by atoms with van der Waals surface area (Å²) in [6.45, 7) is 1.14. The van der Waals surface area contributed by atoms with Crippen LogP contribution in [0.5, 0.6) is 17.2 Å². The standard InChI is InChI=1S/C20H23F2N3O3/c1-2-23-20(25-12-15-4-3-5-16(10-15)28-19(21)22)24-9-8-14-6-7-17-18(11-14)27-13-26-17/h3-7,10-11,19H,2,8-9,12-13H2,1H3,(H2,23,24,25). The number of fused-ring (bicyclic) bond motifs is 1. The normalized spacial score (nSPS) is 12.9. The molecule has 0 saturated heterocycles. The van der Waals surface area contributed by atoms with Crippen LogP contribution in [0, 0.1) is 0 Å². The second-order valence-corrected chi connectivity index (χ2v) is 6.09. The minimum absolute atomic E-state index is 0.128. The van der Waals surface area contributed by atoms with Crippen molar-refractivity contribution in [2.45, 2.75) is 26.5 Å². The molecule has 150 valence electrons. The Balaban J connectivity index is 1.54. The van der Waals surface area contributed by atoms with Crippen molar-refractivity contribution >= 4 is 5.96 Å². The topological polar surface area (TPSA) is 64.1 Å². The van der Waals surface area contributed by atoms with Gasteiger partial charge in [-0.3, -0.25) is 0 Å². The van der Waals surface area contributed by atoms with Gasteiger partial charge in [-0.05, 0) is 48.7 Å².